The topological polar surface area (TPSA) is 60.1 Å². The summed E-state index contributed by atoms with van der Waals surface area (Å²) >= 11 is 0. The largest absolute Gasteiger partial charge is 0.390 e. The fraction of sp³-hybridized carbons (Fsp3) is 0.364. The maximum atomic E-state index is 10.2. The van der Waals surface area contributed by atoms with E-state index in [1.54, 1.807) is 0 Å². The third-order valence-corrected chi connectivity index (χ3v) is 4.71. The van der Waals surface area contributed by atoms with E-state index in [-0.39, 0.29) is 30.9 Å². The average Bonchev–Trinajstić information content (AvgIpc) is 3.08. The number of aliphatic hydroxyl groups excluding tert-OH is 1. The Bertz CT molecular complexity index is 795. The van der Waals surface area contributed by atoms with Crippen LogP contribution in [-0.4, -0.2) is 41.9 Å². The monoisotopic (exact) mass is 423 g/mol. The van der Waals surface area contributed by atoms with Crippen LogP contribution in [0.5, 0.6) is 0 Å². The molecule has 1 heterocycles. The second-order valence-corrected chi connectivity index (χ2v) is 6.97. The normalized spacial score (nSPS) is 12.8. The summed E-state index contributed by atoms with van der Waals surface area (Å²) in [5, 5.41) is 18.2. The smallest absolute Gasteiger partial charge is 0.0788 e. The predicted molar refractivity (Wildman–Crippen MR) is 123 cm³/mol. The first-order valence-corrected chi connectivity index (χ1v) is 9.43. The summed E-state index contributed by atoms with van der Waals surface area (Å²) < 4.78 is 0. The van der Waals surface area contributed by atoms with Crippen LogP contribution in [0.3, 0.4) is 0 Å². The van der Waals surface area contributed by atoms with Crippen molar-refractivity contribution in [1.82, 2.24) is 15.6 Å². The van der Waals surface area contributed by atoms with Gasteiger partial charge in [0.25, 0.3) is 0 Å². The van der Waals surface area contributed by atoms with E-state index >= 15 is 0 Å². The zero-order chi connectivity index (χ0) is 18.2. The van der Waals surface area contributed by atoms with Gasteiger partial charge in [-0.05, 0) is 43.5 Å². The molecule has 3 rings (SSSR count). The van der Waals surface area contributed by atoms with E-state index in [9.17, 15) is 5.11 Å². The number of hydrogen-bond donors (Lipinski definition) is 4. The number of rotatable bonds is 10. The second kappa shape index (κ2) is 12.8. The van der Waals surface area contributed by atoms with E-state index in [0.717, 1.165) is 19.4 Å². The lowest BCUT2D eigenvalue weighted by molar-refractivity contribution is 0.165. The first kappa shape index (κ1) is 24.5. The molecular weight excluding hydrogens is 393 g/mol. The van der Waals surface area contributed by atoms with Crippen molar-refractivity contribution in [2.45, 2.75) is 31.9 Å². The Hall–Kier alpha value is -1.56. The molecule has 0 bridgehead atoms. The van der Waals surface area contributed by atoms with Gasteiger partial charge in [-0.1, -0.05) is 48.5 Å². The number of H-pyrrole nitrogens is 1. The molecule has 0 saturated heterocycles. The molecule has 6 heteroatoms. The van der Waals surface area contributed by atoms with Crippen LogP contribution in [0.1, 0.15) is 18.1 Å². The molecule has 0 aliphatic carbocycles. The molecule has 3 aromatic rings. The summed E-state index contributed by atoms with van der Waals surface area (Å²) in [7, 11) is 0. The molecule has 28 heavy (non-hydrogen) atoms. The number of benzene rings is 2. The molecular formula is C22H31Cl2N3O. The molecule has 1 aromatic heterocycles. The maximum absolute atomic E-state index is 10.2. The minimum absolute atomic E-state index is 0. The molecule has 0 fully saturated rings. The fourth-order valence-corrected chi connectivity index (χ4v) is 3.28. The van der Waals surface area contributed by atoms with Crippen LogP contribution in [0.4, 0.5) is 0 Å². The quantitative estimate of drug-likeness (QED) is 0.375. The van der Waals surface area contributed by atoms with Gasteiger partial charge in [-0.25, -0.2) is 0 Å². The summed E-state index contributed by atoms with van der Waals surface area (Å²) in [5.41, 5.74) is 3.81. The number of para-hydroxylation sites is 1. The molecule has 0 spiro atoms. The van der Waals surface area contributed by atoms with E-state index in [4.69, 9.17) is 0 Å². The van der Waals surface area contributed by atoms with E-state index in [2.05, 4.69) is 71.2 Å². The zero-order valence-corrected chi connectivity index (χ0v) is 17.9. The van der Waals surface area contributed by atoms with Crippen molar-refractivity contribution in [2.24, 2.45) is 0 Å². The molecule has 0 aliphatic heterocycles. The fourth-order valence-electron chi connectivity index (χ4n) is 3.28. The lowest BCUT2D eigenvalue weighted by atomic mass is 10.1. The SMILES string of the molecule is CC(Cc1ccccc1)NCC(O)CNCCc1c[nH]c2ccccc12.Cl.Cl. The number of halogens is 2. The second-order valence-electron chi connectivity index (χ2n) is 6.97. The minimum atomic E-state index is -0.379. The molecule has 0 saturated carbocycles. The standard InChI is InChI=1S/C22H29N3O.2ClH/c1-17(13-18-7-3-2-4-8-18)24-16-20(26)15-23-12-11-19-14-25-22-10-6-5-9-21(19)22;;/h2-10,14,17,20,23-26H,11-13,15-16H2,1H3;2*1H. The van der Waals surface area contributed by atoms with Gasteiger partial charge in [0.1, 0.15) is 0 Å². The van der Waals surface area contributed by atoms with Crippen molar-refractivity contribution in [3.63, 3.8) is 0 Å². The van der Waals surface area contributed by atoms with Crippen LogP contribution in [0.15, 0.2) is 60.8 Å². The summed E-state index contributed by atoms with van der Waals surface area (Å²) in [6.07, 6.45) is 3.63. The molecule has 2 atom stereocenters. The lowest BCUT2D eigenvalue weighted by Gasteiger charge is -2.17. The summed E-state index contributed by atoms with van der Waals surface area (Å²) in [6, 6.07) is 19.1. The van der Waals surface area contributed by atoms with Crippen LogP contribution in [-0.2, 0) is 12.8 Å². The van der Waals surface area contributed by atoms with E-state index in [0.29, 0.717) is 19.1 Å². The third kappa shape index (κ3) is 7.46. The van der Waals surface area contributed by atoms with Gasteiger partial charge in [0.2, 0.25) is 0 Å². The van der Waals surface area contributed by atoms with Gasteiger partial charge >= 0.3 is 0 Å². The predicted octanol–water partition coefficient (Wildman–Crippen LogP) is 3.73. The van der Waals surface area contributed by atoms with Gasteiger partial charge in [0.15, 0.2) is 0 Å². The Morgan fingerprint density at radius 3 is 2.46 bits per heavy atom. The van der Waals surface area contributed by atoms with Crippen LogP contribution >= 0.6 is 24.8 Å². The van der Waals surface area contributed by atoms with Crippen LogP contribution < -0.4 is 10.6 Å². The maximum Gasteiger partial charge on any atom is 0.0788 e. The summed E-state index contributed by atoms with van der Waals surface area (Å²) in [4.78, 5) is 3.30. The highest BCUT2D eigenvalue weighted by molar-refractivity contribution is 5.85. The highest BCUT2D eigenvalue weighted by Gasteiger charge is 2.08. The van der Waals surface area contributed by atoms with Crippen molar-refractivity contribution in [2.75, 3.05) is 19.6 Å². The molecule has 0 aliphatic rings. The first-order valence-electron chi connectivity index (χ1n) is 9.43. The van der Waals surface area contributed by atoms with Gasteiger partial charge in [-0.15, -0.1) is 24.8 Å². The molecule has 4 nitrogen and oxygen atoms in total. The van der Waals surface area contributed by atoms with E-state index in [1.807, 2.05) is 12.1 Å². The number of hydrogen-bond acceptors (Lipinski definition) is 3. The molecule has 4 N–H and O–H groups in total. The summed E-state index contributed by atoms with van der Waals surface area (Å²) in [6.45, 7) is 4.23. The van der Waals surface area contributed by atoms with Crippen LogP contribution in [0.2, 0.25) is 0 Å². The average molecular weight is 424 g/mol. The lowest BCUT2D eigenvalue weighted by Crippen LogP contribution is -2.40. The van der Waals surface area contributed by atoms with Crippen molar-refractivity contribution >= 4 is 35.7 Å². The molecule has 0 amide bonds. The molecule has 2 unspecified atom stereocenters. The number of aromatic nitrogens is 1. The van der Waals surface area contributed by atoms with Crippen molar-refractivity contribution in [1.29, 1.82) is 0 Å². The Labute approximate surface area is 179 Å². The number of nitrogens with one attached hydrogen (secondary N) is 3. The van der Waals surface area contributed by atoms with Crippen molar-refractivity contribution < 1.29 is 5.11 Å². The van der Waals surface area contributed by atoms with Gasteiger partial charge < -0.3 is 20.7 Å². The Balaban J connectivity index is 0.00000196. The van der Waals surface area contributed by atoms with Crippen LogP contribution in [0, 0.1) is 0 Å². The molecule has 154 valence electrons. The van der Waals surface area contributed by atoms with Crippen molar-refractivity contribution in [3.8, 4) is 0 Å². The first-order chi connectivity index (χ1) is 12.7. The van der Waals surface area contributed by atoms with Gasteiger partial charge in [0.05, 0.1) is 6.10 Å². The van der Waals surface area contributed by atoms with Crippen LogP contribution in [0.25, 0.3) is 10.9 Å². The van der Waals surface area contributed by atoms with E-state index in [1.165, 1.54) is 22.0 Å². The van der Waals surface area contributed by atoms with Crippen molar-refractivity contribution in [3.05, 3.63) is 71.9 Å². The molecule has 2 aromatic carbocycles. The summed E-state index contributed by atoms with van der Waals surface area (Å²) in [5.74, 6) is 0. The highest BCUT2D eigenvalue weighted by atomic mass is 35.5. The van der Waals surface area contributed by atoms with Gasteiger partial charge in [0, 0.05) is 36.2 Å². The Morgan fingerprint density at radius 2 is 1.68 bits per heavy atom. The Morgan fingerprint density at radius 1 is 0.964 bits per heavy atom. The number of aromatic amines is 1. The van der Waals surface area contributed by atoms with E-state index < -0.39 is 0 Å². The number of aliphatic hydroxyl groups is 1. The Kier molecular flexibility index (Phi) is 11.2. The third-order valence-electron chi connectivity index (χ3n) is 4.71. The minimum Gasteiger partial charge on any atom is -0.390 e. The highest BCUT2D eigenvalue weighted by Crippen LogP contribution is 2.17. The number of fused-ring (bicyclic) bond motifs is 1. The molecule has 0 radical (unpaired) electrons. The zero-order valence-electron chi connectivity index (χ0n) is 16.2. The van der Waals surface area contributed by atoms with Gasteiger partial charge in [-0.2, -0.15) is 0 Å². The van der Waals surface area contributed by atoms with Gasteiger partial charge in [-0.3, -0.25) is 0 Å².